The molecule has 0 bridgehead atoms. The van der Waals surface area contributed by atoms with E-state index in [2.05, 4.69) is 15.3 Å². The Balaban J connectivity index is 2.84. The van der Waals surface area contributed by atoms with Crippen LogP contribution in [0.25, 0.3) is 0 Å². The topological polar surface area (TPSA) is 84.1 Å². The maximum absolute atomic E-state index is 11.4. The summed E-state index contributed by atoms with van der Waals surface area (Å²) in [5, 5.41) is 2.59. The summed E-state index contributed by atoms with van der Waals surface area (Å²) in [5.41, 5.74) is 6.30. The lowest BCUT2D eigenvalue weighted by Crippen LogP contribution is -2.37. The fraction of sp³-hybridized carbons (Fsp3) is 0.545. The van der Waals surface area contributed by atoms with Crippen LogP contribution in [0.5, 0.6) is 0 Å². The van der Waals surface area contributed by atoms with Gasteiger partial charge in [0.25, 0.3) is 0 Å². The molecule has 0 saturated carbocycles. The zero-order valence-electron chi connectivity index (χ0n) is 10.3. The molecule has 0 aliphatic heterocycles. The van der Waals surface area contributed by atoms with Gasteiger partial charge in [0.2, 0.25) is 11.9 Å². The predicted molar refractivity (Wildman–Crippen MR) is 66.5 cm³/mol. The zero-order chi connectivity index (χ0) is 12.7. The first kappa shape index (κ1) is 13.4. The third-order valence-corrected chi connectivity index (χ3v) is 2.30. The van der Waals surface area contributed by atoms with E-state index >= 15 is 0 Å². The summed E-state index contributed by atoms with van der Waals surface area (Å²) >= 11 is 0. The molecule has 3 N–H and O–H groups in total. The van der Waals surface area contributed by atoms with Crippen molar-refractivity contribution in [1.29, 1.82) is 0 Å². The Morgan fingerprint density at radius 2 is 2.35 bits per heavy atom. The molecule has 6 nitrogen and oxygen atoms in total. The molecule has 1 aromatic heterocycles. The second kappa shape index (κ2) is 6.80. The van der Waals surface area contributed by atoms with Crippen LogP contribution in [0.15, 0.2) is 12.3 Å². The highest BCUT2D eigenvalue weighted by molar-refractivity contribution is 5.80. The van der Waals surface area contributed by atoms with E-state index < -0.39 is 0 Å². The minimum atomic E-state index is -0.0554. The average molecular weight is 237 g/mol. The lowest BCUT2D eigenvalue weighted by molar-refractivity contribution is -0.119. The van der Waals surface area contributed by atoms with Crippen LogP contribution in [0.1, 0.15) is 19.0 Å². The summed E-state index contributed by atoms with van der Waals surface area (Å²) in [7, 11) is 1.61. The molecule has 0 saturated heterocycles. The SMILES string of the molecule is CCCN(CC(=O)NC)c1nccc(CN)n1. The number of hydrogen-bond acceptors (Lipinski definition) is 5. The molecule has 6 heteroatoms. The molecule has 0 aromatic carbocycles. The molecule has 94 valence electrons. The number of carbonyl (C=O) groups excluding carboxylic acids is 1. The molecule has 0 atom stereocenters. The van der Waals surface area contributed by atoms with Gasteiger partial charge in [-0.05, 0) is 12.5 Å². The van der Waals surface area contributed by atoms with Crippen LogP contribution in [-0.2, 0) is 11.3 Å². The summed E-state index contributed by atoms with van der Waals surface area (Å²) < 4.78 is 0. The van der Waals surface area contributed by atoms with Crippen molar-refractivity contribution in [3.8, 4) is 0 Å². The predicted octanol–water partition coefficient (Wildman–Crippen LogP) is -0.102. The van der Waals surface area contributed by atoms with Gasteiger partial charge < -0.3 is 16.0 Å². The van der Waals surface area contributed by atoms with Gasteiger partial charge in [-0.25, -0.2) is 9.97 Å². The number of anilines is 1. The maximum Gasteiger partial charge on any atom is 0.239 e. The van der Waals surface area contributed by atoms with Crippen molar-refractivity contribution in [2.75, 3.05) is 25.0 Å². The van der Waals surface area contributed by atoms with Gasteiger partial charge in [-0.3, -0.25) is 4.79 Å². The van der Waals surface area contributed by atoms with E-state index in [-0.39, 0.29) is 12.5 Å². The first-order chi connectivity index (χ1) is 8.21. The molecular weight excluding hydrogens is 218 g/mol. The summed E-state index contributed by atoms with van der Waals surface area (Å²) in [6, 6.07) is 1.77. The Bertz CT molecular complexity index is 369. The normalized spacial score (nSPS) is 10.1. The lowest BCUT2D eigenvalue weighted by atomic mass is 10.4. The van der Waals surface area contributed by atoms with Gasteiger partial charge in [0.1, 0.15) is 0 Å². The van der Waals surface area contributed by atoms with Gasteiger partial charge in [-0.15, -0.1) is 0 Å². The molecule has 0 aliphatic carbocycles. The number of nitrogens with one attached hydrogen (secondary N) is 1. The van der Waals surface area contributed by atoms with E-state index in [9.17, 15) is 4.79 Å². The Morgan fingerprint density at radius 1 is 1.59 bits per heavy atom. The number of nitrogens with zero attached hydrogens (tertiary/aromatic N) is 3. The summed E-state index contributed by atoms with van der Waals surface area (Å²) in [6.45, 7) is 3.42. The second-order valence-corrected chi connectivity index (χ2v) is 3.65. The third-order valence-electron chi connectivity index (χ3n) is 2.30. The molecule has 0 unspecified atom stereocenters. The van der Waals surface area contributed by atoms with Gasteiger partial charge in [-0.1, -0.05) is 6.92 Å². The van der Waals surface area contributed by atoms with Crippen LogP contribution in [0, 0.1) is 0 Å². The number of carbonyl (C=O) groups is 1. The Hall–Kier alpha value is -1.69. The molecule has 0 spiro atoms. The first-order valence-corrected chi connectivity index (χ1v) is 5.68. The van der Waals surface area contributed by atoms with E-state index in [1.807, 2.05) is 11.8 Å². The number of likely N-dealkylation sites (N-methyl/N-ethyl adjacent to an activating group) is 1. The van der Waals surface area contributed by atoms with Crippen molar-refractivity contribution in [3.05, 3.63) is 18.0 Å². The smallest absolute Gasteiger partial charge is 0.239 e. The van der Waals surface area contributed by atoms with Crippen LogP contribution in [0.4, 0.5) is 5.95 Å². The van der Waals surface area contributed by atoms with Crippen molar-refractivity contribution in [2.45, 2.75) is 19.9 Å². The van der Waals surface area contributed by atoms with Crippen molar-refractivity contribution in [1.82, 2.24) is 15.3 Å². The van der Waals surface area contributed by atoms with Gasteiger partial charge in [0.05, 0.1) is 12.2 Å². The van der Waals surface area contributed by atoms with Crippen LogP contribution >= 0.6 is 0 Å². The van der Waals surface area contributed by atoms with E-state index in [0.717, 1.165) is 18.7 Å². The fourth-order valence-corrected chi connectivity index (χ4v) is 1.42. The van der Waals surface area contributed by atoms with Gasteiger partial charge >= 0.3 is 0 Å². The van der Waals surface area contributed by atoms with Crippen LogP contribution < -0.4 is 16.0 Å². The molecule has 1 rings (SSSR count). The number of amides is 1. The molecular formula is C11H19N5O. The number of aromatic nitrogens is 2. The molecule has 0 fully saturated rings. The Kier molecular flexibility index (Phi) is 5.35. The molecule has 1 heterocycles. The largest absolute Gasteiger partial charge is 0.358 e. The van der Waals surface area contributed by atoms with Crippen molar-refractivity contribution in [2.24, 2.45) is 5.73 Å². The Labute approximate surface area is 101 Å². The highest BCUT2D eigenvalue weighted by atomic mass is 16.1. The number of hydrogen-bond donors (Lipinski definition) is 2. The minimum absolute atomic E-state index is 0.0554. The standard InChI is InChI=1S/C11H19N5O/c1-3-6-16(8-10(17)13-2)11-14-5-4-9(7-12)15-11/h4-5H,3,6-8,12H2,1-2H3,(H,13,17). The van der Waals surface area contributed by atoms with Crippen molar-refractivity contribution >= 4 is 11.9 Å². The average Bonchev–Trinajstić information content (AvgIpc) is 2.38. The molecule has 0 aliphatic rings. The highest BCUT2D eigenvalue weighted by Crippen LogP contribution is 2.07. The second-order valence-electron chi connectivity index (χ2n) is 3.65. The van der Waals surface area contributed by atoms with E-state index in [0.29, 0.717) is 12.5 Å². The number of rotatable bonds is 6. The highest BCUT2D eigenvalue weighted by Gasteiger charge is 2.12. The van der Waals surface area contributed by atoms with E-state index in [1.54, 1.807) is 19.3 Å². The Morgan fingerprint density at radius 3 is 2.94 bits per heavy atom. The molecule has 17 heavy (non-hydrogen) atoms. The van der Waals surface area contributed by atoms with Crippen LogP contribution in [0.2, 0.25) is 0 Å². The van der Waals surface area contributed by atoms with E-state index in [1.165, 1.54) is 0 Å². The molecule has 1 amide bonds. The van der Waals surface area contributed by atoms with Crippen molar-refractivity contribution < 1.29 is 4.79 Å². The summed E-state index contributed by atoms with van der Waals surface area (Å²) in [4.78, 5) is 21.7. The van der Waals surface area contributed by atoms with Gasteiger partial charge in [0.15, 0.2) is 0 Å². The summed E-state index contributed by atoms with van der Waals surface area (Å²) in [5.74, 6) is 0.499. The number of nitrogens with two attached hydrogens (primary N) is 1. The van der Waals surface area contributed by atoms with Crippen molar-refractivity contribution in [3.63, 3.8) is 0 Å². The molecule has 1 aromatic rings. The first-order valence-electron chi connectivity index (χ1n) is 5.68. The lowest BCUT2D eigenvalue weighted by Gasteiger charge is -2.21. The summed E-state index contributed by atoms with van der Waals surface area (Å²) in [6.07, 6.45) is 2.59. The van der Waals surface area contributed by atoms with Gasteiger partial charge in [-0.2, -0.15) is 0 Å². The maximum atomic E-state index is 11.4. The molecule has 0 radical (unpaired) electrons. The third kappa shape index (κ3) is 3.99. The quantitative estimate of drug-likeness (QED) is 0.721. The van der Waals surface area contributed by atoms with Crippen LogP contribution in [0.3, 0.4) is 0 Å². The fourth-order valence-electron chi connectivity index (χ4n) is 1.42. The van der Waals surface area contributed by atoms with E-state index in [4.69, 9.17) is 5.73 Å². The van der Waals surface area contributed by atoms with Crippen LogP contribution in [-0.4, -0.2) is 36.0 Å². The monoisotopic (exact) mass is 237 g/mol. The van der Waals surface area contributed by atoms with Gasteiger partial charge in [0, 0.05) is 26.3 Å². The zero-order valence-corrected chi connectivity index (χ0v) is 10.3. The minimum Gasteiger partial charge on any atom is -0.358 e.